The topological polar surface area (TPSA) is 32.9 Å². The summed E-state index contributed by atoms with van der Waals surface area (Å²) in [6, 6.07) is 9.85. The van der Waals surface area contributed by atoms with Crippen molar-refractivity contribution in [1.29, 1.82) is 0 Å². The maximum absolute atomic E-state index is 12.4. The number of carbonyl (C=O) groups is 1. The number of aromatic amines is 1. The van der Waals surface area contributed by atoms with E-state index in [-0.39, 0.29) is 5.78 Å². The molecule has 2 nitrogen and oxygen atoms in total. The molecule has 0 aliphatic carbocycles. The number of hydrogen-bond acceptors (Lipinski definition) is 2. The molecule has 0 aliphatic rings. The van der Waals surface area contributed by atoms with E-state index in [1.165, 1.54) is 11.3 Å². The number of aromatic nitrogens is 1. The van der Waals surface area contributed by atoms with Crippen molar-refractivity contribution in [2.24, 2.45) is 0 Å². The summed E-state index contributed by atoms with van der Waals surface area (Å²) < 4.78 is 0. The lowest BCUT2D eigenvalue weighted by Gasteiger charge is -1.97. The van der Waals surface area contributed by atoms with Crippen molar-refractivity contribution in [2.45, 2.75) is 6.92 Å². The Labute approximate surface area is 103 Å². The van der Waals surface area contributed by atoms with Crippen molar-refractivity contribution in [3.63, 3.8) is 0 Å². The summed E-state index contributed by atoms with van der Waals surface area (Å²) in [4.78, 5) is 16.4. The van der Waals surface area contributed by atoms with Gasteiger partial charge < -0.3 is 4.98 Å². The summed E-state index contributed by atoms with van der Waals surface area (Å²) >= 11 is 1.50. The lowest BCUT2D eigenvalue weighted by atomic mass is 10.1. The van der Waals surface area contributed by atoms with E-state index in [1.807, 2.05) is 42.6 Å². The van der Waals surface area contributed by atoms with Gasteiger partial charge >= 0.3 is 0 Å². The molecule has 0 saturated carbocycles. The smallest absolute Gasteiger partial charge is 0.205 e. The van der Waals surface area contributed by atoms with Crippen LogP contribution in [0, 0.1) is 6.92 Å². The molecule has 0 spiro atoms. The molecule has 3 rings (SSSR count). The number of hydrogen-bond donors (Lipinski definition) is 1. The minimum atomic E-state index is 0.106. The normalized spacial score (nSPS) is 10.9. The number of nitrogens with one attached hydrogen (secondary N) is 1. The van der Waals surface area contributed by atoms with Gasteiger partial charge in [-0.1, -0.05) is 18.2 Å². The monoisotopic (exact) mass is 241 g/mol. The maximum atomic E-state index is 12.4. The highest BCUT2D eigenvalue weighted by Gasteiger charge is 2.16. The average Bonchev–Trinajstić information content (AvgIpc) is 2.94. The van der Waals surface area contributed by atoms with Crippen LogP contribution in [0.1, 0.15) is 20.8 Å². The second kappa shape index (κ2) is 3.86. The molecular formula is C14H11NOS. The van der Waals surface area contributed by atoms with Gasteiger partial charge in [0, 0.05) is 22.7 Å². The molecule has 0 bridgehead atoms. The van der Waals surface area contributed by atoms with Gasteiger partial charge in [0.05, 0.1) is 4.88 Å². The number of ketones is 1. The third kappa shape index (κ3) is 1.59. The van der Waals surface area contributed by atoms with Gasteiger partial charge in [0.1, 0.15) is 0 Å². The molecule has 2 aromatic heterocycles. The zero-order chi connectivity index (χ0) is 11.8. The Kier molecular flexibility index (Phi) is 2.34. The number of aryl methyl sites for hydroxylation is 1. The fourth-order valence-corrected chi connectivity index (χ4v) is 2.87. The highest BCUT2D eigenvalue weighted by Crippen LogP contribution is 2.24. The second-order valence-corrected chi connectivity index (χ2v) is 4.93. The van der Waals surface area contributed by atoms with E-state index in [2.05, 4.69) is 4.98 Å². The Hall–Kier alpha value is -1.87. The summed E-state index contributed by atoms with van der Waals surface area (Å²) in [5.74, 6) is 0.106. The summed E-state index contributed by atoms with van der Waals surface area (Å²) in [5.41, 5.74) is 2.81. The maximum Gasteiger partial charge on any atom is 0.205 e. The minimum Gasteiger partial charge on any atom is -0.360 e. The van der Waals surface area contributed by atoms with Crippen LogP contribution in [-0.4, -0.2) is 10.8 Å². The highest BCUT2D eigenvalue weighted by molar-refractivity contribution is 7.12. The van der Waals surface area contributed by atoms with Gasteiger partial charge in [-0.15, -0.1) is 11.3 Å². The van der Waals surface area contributed by atoms with Crippen LogP contribution in [0.25, 0.3) is 10.9 Å². The third-order valence-corrected chi connectivity index (χ3v) is 3.92. The molecule has 1 aromatic carbocycles. The summed E-state index contributed by atoms with van der Waals surface area (Å²) in [5, 5.41) is 2.95. The largest absolute Gasteiger partial charge is 0.360 e. The zero-order valence-electron chi connectivity index (χ0n) is 9.36. The standard InChI is InChI=1S/C14H11NOS/c1-9-6-7-17-14(9)13(16)11-8-15-12-5-3-2-4-10(11)12/h2-8,15H,1H3. The Morgan fingerprint density at radius 1 is 1.24 bits per heavy atom. The highest BCUT2D eigenvalue weighted by atomic mass is 32.1. The molecule has 3 aromatic rings. The Morgan fingerprint density at radius 3 is 2.82 bits per heavy atom. The molecule has 0 aliphatic heterocycles. The van der Waals surface area contributed by atoms with Crippen LogP contribution in [0.3, 0.4) is 0 Å². The predicted molar refractivity (Wildman–Crippen MR) is 70.8 cm³/mol. The Bertz CT molecular complexity index is 693. The summed E-state index contributed by atoms with van der Waals surface area (Å²) in [7, 11) is 0. The van der Waals surface area contributed by atoms with E-state index < -0.39 is 0 Å². The molecule has 0 amide bonds. The van der Waals surface area contributed by atoms with Crippen molar-refractivity contribution in [3.8, 4) is 0 Å². The quantitative estimate of drug-likeness (QED) is 0.681. The third-order valence-electron chi connectivity index (χ3n) is 2.90. The van der Waals surface area contributed by atoms with Crippen LogP contribution in [0.2, 0.25) is 0 Å². The SMILES string of the molecule is Cc1ccsc1C(=O)c1c[nH]c2ccccc12. The number of carbonyl (C=O) groups excluding carboxylic acids is 1. The number of thiophene rings is 1. The van der Waals surface area contributed by atoms with Crippen molar-refractivity contribution < 1.29 is 4.79 Å². The van der Waals surface area contributed by atoms with E-state index in [4.69, 9.17) is 0 Å². The van der Waals surface area contributed by atoms with Gasteiger partial charge in [0.2, 0.25) is 5.78 Å². The van der Waals surface area contributed by atoms with Gasteiger partial charge in [0.15, 0.2) is 0 Å². The second-order valence-electron chi connectivity index (χ2n) is 4.01. The van der Waals surface area contributed by atoms with E-state index in [9.17, 15) is 4.79 Å². The Balaban J connectivity index is 2.17. The lowest BCUT2D eigenvalue weighted by Crippen LogP contribution is -1.98. The molecule has 0 fully saturated rings. The van der Waals surface area contributed by atoms with Gasteiger partial charge in [0.25, 0.3) is 0 Å². The molecule has 0 atom stereocenters. The lowest BCUT2D eigenvalue weighted by molar-refractivity contribution is 0.104. The molecule has 1 N–H and O–H groups in total. The van der Waals surface area contributed by atoms with E-state index >= 15 is 0 Å². The van der Waals surface area contributed by atoms with Crippen molar-refractivity contribution in [3.05, 3.63) is 57.9 Å². The molecule has 0 unspecified atom stereocenters. The van der Waals surface area contributed by atoms with Crippen LogP contribution < -0.4 is 0 Å². The first-order valence-electron chi connectivity index (χ1n) is 5.42. The van der Waals surface area contributed by atoms with Crippen molar-refractivity contribution in [2.75, 3.05) is 0 Å². The first-order valence-corrected chi connectivity index (χ1v) is 6.30. The Morgan fingerprint density at radius 2 is 2.06 bits per heavy atom. The van der Waals surface area contributed by atoms with Crippen LogP contribution in [0.5, 0.6) is 0 Å². The van der Waals surface area contributed by atoms with Crippen LogP contribution in [-0.2, 0) is 0 Å². The average molecular weight is 241 g/mol. The number of fused-ring (bicyclic) bond motifs is 1. The molecular weight excluding hydrogens is 230 g/mol. The number of rotatable bonds is 2. The van der Waals surface area contributed by atoms with Crippen LogP contribution >= 0.6 is 11.3 Å². The first-order chi connectivity index (χ1) is 8.27. The van der Waals surface area contributed by atoms with Gasteiger partial charge in [-0.2, -0.15) is 0 Å². The summed E-state index contributed by atoms with van der Waals surface area (Å²) in [6.07, 6.45) is 1.80. The van der Waals surface area contributed by atoms with E-state index in [0.29, 0.717) is 0 Å². The summed E-state index contributed by atoms with van der Waals surface area (Å²) in [6.45, 7) is 1.97. The van der Waals surface area contributed by atoms with Gasteiger partial charge in [-0.05, 0) is 30.0 Å². The molecule has 0 radical (unpaired) electrons. The van der Waals surface area contributed by atoms with Gasteiger partial charge in [-0.3, -0.25) is 4.79 Å². The molecule has 0 saturated heterocycles. The van der Waals surface area contributed by atoms with Crippen molar-refractivity contribution >= 4 is 28.0 Å². The van der Waals surface area contributed by atoms with Crippen LogP contribution in [0.4, 0.5) is 0 Å². The van der Waals surface area contributed by atoms with E-state index in [0.717, 1.165) is 26.9 Å². The van der Waals surface area contributed by atoms with Gasteiger partial charge in [-0.25, -0.2) is 0 Å². The van der Waals surface area contributed by atoms with Crippen LogP contribution in [0.15, 0.2) is 41.9 Å². The molecule has 84 valence electrons. The zero-order valence-corrected chi connectivity index (χ0v) is 10.2. The molecule has 3 heteroatoms. The number of para-hydroxylation sites is 1. The first kappa shape index (κ1) is 10.3. The van der Waals surface area contributed by atoms with E-state index in [1.54, 1.807) is 6.20 Å². The van der Waals surface area contributed by atoms with Crippen molar-refractivity contribution in [1.82, 2.24) is 4.98 Å². The molecule has 2 heterocycles. The number of H-pyrrole nitrogens is 1. The minimum absolute atomic E-state index is 0.106. The predicted octanol–water partition coefficient (Wildman–Crippen LogP) is 3.77. The molecule has 17 heavy (non-hydrogen) atoms. The fourth-order valence-electron chi connectivity index (χ4n) is 1.99. The number of benzene rings is 1. The fraction of sp³-hybridized carbons (Fsp3) is 0.0714.